The molecule has 0 aliphatic heterocycles. The van der Waals surface area contributed by atoms with Gasteiger partial charge < -0.3 is 10.3 Å². The van der Waals surface area contributed by atoms with Crippen LogP contribution >= 0.6 is 27.5 Å². The van der Waals surface area contributed by atoms with Crippen LogP contribution in [0.4, 0.5) is 5.69 Å². The van der Waals surface area contributed by atoms with Crippen molar-refractivity contribution in [1.82, 2.24) is 5.16 Å². The van der Waals surface area contributed by atoms with E-state index in [0.717, 1.165) is 5.56 Å². The predicted octanol–water partition coefficient (Wildman–Crippen LogP) is 3.34. The maximum Gasteiger partial charge on any atom is 0.191 e. The van der Waals surface area contributed by atoms with E-state index in [1.165, 1.54) is 0 Å². The van der Waals surface area contributed by atoms with Crippen LogP contribution in [0.3, 0.4) is 0 Å². The summed E-state index contributed by atoms with van der Waals surface area (Å²) in [5, 5.41) is 4.33. The highest BCUT2D eigenvalue weighted by Gasteiger charge is 2.12. The van der Waals surface area contributed by atoms with Gasteiger partial charge in [0.1, 0.15) is 5.69 Å². The lowest BCUT2D eigenvalue weighted by molar-refractivity contribution is 0.428. The Balaban J connectivity index is 2.55. The monoisotopic (exact) mass is 272 g/mol. The smallest absolute Gasteiger partial charge is 0.191 e. The second-order valence-corrected chi connectivity index (χ2v) is 3.91. The molecule has 0 aliphatic carbocycles. The van der Waals surface area contributed by atoms with Gasteiger partial charge in [0, 0.05) is 10.6 Å². The molecule has 0 saturated heterocycles. The first-order valence-corrected chi connectivity index (χ1v) is 5.02. The molecule has 1 aromatic heterocycles. The van der Waals surface area contributed by atoms with Crippen molar-refractivity contribution >= 4 is 33.2 Å². The Labute approximate surface area is 94.0 Å². The normalized spacial score (nSPS) is 10.4. The van der Waals surface area contributed by atoms with Gasteiger partial charge in [0.25, 0.3) is 0 Å². The fraction of sp³-hybridized carbons (Fsp3) is 0. The zero-order valence-corrected chi connectivity index (χ0v) is 9.34. The summed E-state index contributed by atoms with van der Waals surface area (Å²) < 4.78 is 5.56. The minimum atomic E-state index is 0.479. The Morgan fingerprint density at radius 1 is 1.43 bits per heavy atom. The molecule has 72 valence electrons. The molecule has 1 aromatic carbocycles. The van der Waals surface area contributed by atoms with Gasteiger partial charge in [-0.2, -0.15) is 0 Å². The van der Waals surface area contributed by atoms with Crippen molar-refractivity contribution in [2.45, 2.75) is 0 Å². The van der Waals surface area contributed by atoms with Gasteiger partial charge in [0.05, 0.1) is 0 Å². The van der Waals surface area contributed by atoms with E-state index in [1.54, 1.807) is 12.1 Å². The summed E-state index contributed by atoms with van der Waals surface area (Å²) >= 11 is 9.01. The number of anilines is 1. The van der Waals surface area contributed by atoms with Gasteiger partial charge in [0.2, 0.25) is 0 Å². The summed E-state index contributed by atoms with van der Waals surface area (Å²) in [6.07, 6.45) is 0. The van der Waals surface area contributed by atoms with Crippen LogP contribution in [-0.2, 0) is 0 Å². The third-order valence-electron chi connectivity index (χ3n) is 1.77. The molecule has 0 spiro atoms. The number of nitrogens with two attached hydrogens (primary N) is 1. The quantitative estimate of drug-likeness (QED) is 0.867. The summed E-state index contributed by atoms with van der Waals surface area (Å²) in [7, 11) is 0. The van der Waals surface area contributed by atoms with E-state index in [0.29, 0.717) is 21.1 Å². The van der Waals surface area contributed by atoms with E-state index in [-0.39, 0.29) is 0 Å². The van der Waals surface area contributed by atoms with Crippen molar-refractivity contribution in [1.29, 1.82) is 0 Å². The average molecular weight is 274 g/mol. The van der Waals surface area contributed by atoms with Crippen LogP contribution in [0.1, 0.15) is 0 Å². The summed E-state index contributed by atoms with van der Waals surface area (Å²) in [5.74, 6) is 0.527. The van der Waals surface area contributed by atoms with Crippen LogP contribution in [0.15, 0.2) is 33.4 Å². The summed E-state index contributed by atoms with van der Waals surface area (Å²) in [5.41, 5.74) is 7.03. The van der Waals surface area contributed by atoms with Gasteiger partial charge in [-0.1, -0.05) is 28.9 Å². The molecular formula is C9H6BrClN2O. The zero-order chi connectivity index (χ0) is 10.1. The topological polar surface area (TPSA) is 52.0 Å². The SMILES string of the molecule is Nc1c(Br)noc1-c1cccc(Cl)c1. The molecule has 2 rings (SSSR count). The predicted molar refractivity (Wildman–Crippen MR) is 59.1 cm³/mol. The van der Waals surface area contributed by atoms with Crippen LogP contribution in [0.5, 0.6) is 0 Å². The molecule has 0 bridgehead atoms. The number of nitrogen functional groups attached to an aromatic ring is 1. The van der Waals surface area contributed by atoms with E-state index in [4.69, 9.17) is 21.9 Å². The van der Waals surface area contributed by atoms with Gasteiger partial charge >= 0.3 is 0 Å². The Morgan fingerprint density at radius 2 is 2.21 bits per heavy atom. The first kappa shape index (κ1) is 9.55. The van der Waals surface area contributed by atoms with E-state index >= 15 is 0 Å². The molecule has 1 heterocycles. The van der Waals surface area contributed by atoms with Crippen LogP contribution in [0.2, 0.25) is 5.02 Å². The van der Waals surface area contributed by atoms with Gasteiger partial charge in [-0.25, -0.2) is 0 Å². The van der Waals surface area contributed by atoms with Crippen LogP contribution in [0.25, 0.3) is 11.3 Å². The second kappa shape index (κ2) is 3.63. The Kier molecular flexibility index (Phi) is 2.48. The highest BCUT2D eigenvalue weighted by atomic mass is 79.9. The number of halogens is 2. The zero-order valence-electron chi connectivity index (χ0n) is 7.00. The molecule has 0 aliphatic rings. The number of benzene rings is 1. The molecule has 0 saturated carbocycles. The average Bonchev–Trinajstić information content (AvgIpc) is 2.48. The third kappa shape index (κ3) is 1.63. The fourth-order valence-corrected chi connectivity index (χ4v) is 1.56. The molecule has 0 atom stereocenters. The van der Waals surface area contributed by atoms with Gasteiger partial charge in [-0.3, -0.25) is 0 Å². The molecular weight excluding hydrogens is 267 g/mol. The lowest BCUT2D eigenvalue weighted by Gasteiger charge is -1.97. The van der Waals surface area contributed by atoms with Crippen molar-refractivity contribution in [3.05, 3.63) is 33.9 Å². The molecule has 2 aromatic rings. The molecule has 3 nitrogen and oxygen atoms in total. The standard InChI is InChI=1S/C9H6BrClN2O/c10-9-7(12)8(14-13-9)5-2-1-3-6(11)4-5/h1-4H,12H2. The van der Waals surface area contributed by atoms with Crippen LogP contribution in [0, 0.1) is 0 Å². The highest BCUT2D eigenvalue weighted by Crippen LogP contribution is 2.32. The lowest BCUT2D eigenvalue weighted by Crippen LogP contribution is -1.85. The Morgan fingerprint density at radius 3 is 2.79 bits per heavy atom. The Hall–Kier alpha value is -1.00. The second-order valence-electron chi connectivity index (χ2n) is 2.73. The molecule has 0 unspecified atom stereocenters. The van der Waals surface area contributed by atoms with E-state index in [1.807, 2.05) is 12.1 Å². The molecule has 0 amide bonds. The van der Waals surface area contributed by atoms with E-state index in [2.05, 4.69) is 21.1 Å². The van der Waals surface area contributed by atoms with Crippen LogP contribution < -0.4 is 5.73 Å². The van der Waals surface area contributed by atoms with Gasteiger partial charge in [-0.05, 0) is 28.1 Å². The van der Waals surface area contributed by atoms with Gasteiger partial charge in [-0.15, -0.1) is 0 Å². The maximum absolute atomic E-state index is 5.84. The minimum absolute atomic E-state index is 0.479. The molecule has 2 N–H and O–H groups in total. The van der Waals surface area contributed by atoms with Crippen molar-refractivity contribution < 1.29 is 4.52 Å². The largest absolute Gasteiger partial charge is 0.393 e. The number of hydrogen-bond acceptors (Lipinski definition) is 3. The van der Waals surface area contributed by atoms with Crippen molar-refractivity contribution in [2.24, 2.45) is 0 Å². The third-order valence-corrected chi connectivity index (χ3v) is 2.58. The van der Waals surface area contributed by atoms with E-state index < -0.39 is 0 Å². The Bertz CT molecular complexity index is 470. The first-order valence-electron chi connectivity index (χ1n) is 3.85. The molecule has 0 radical (unpaired) electrons. The van der Waals surface area contributed by atoms with Crippen LogP contribution in [-0.4, -0.2) is 5.16 Å². The molecule has 5 heteroatoms. The minimum Gasteiger partial charge on any atom is -0.393 e. The molecule has 0 fully saturated rings. The number of aromatic nitrogens is 1. The molecule has 14 heavy (non-hydrogen) atoms. The summed E-state index contributed by atoms with van der Waals surface area (Å²) in [6, 6.07) is 7.24. The maximum atomic E-state index is 5.84. The van der Waals surface area contributed by atoms with E-state index in [9.17, 15) is 0 Å². The lowest BCUT2D eigenvalue weighted by atomic mass is 10.1. The van der Waals surface area contributed by atoms with Crippen molar-refractivity contribution in [3.63, 3.8) is 0 Å². The number of nitrogens with zero attached hydrogens (tertiary/aromatic N) is 1. The summed E-state index contributed by atoms with van der Waals surface area (Å²) in [4.78, 5) is 0. The highest BCUT2D eigenvalue weighted by molar-refractivity contribution is 9.10. The number of rotatable bonds is 1. The fourth-order valence-electron chi connectivity index (χ4n) is 1.12. The van der Waals surface area contributed by atoms with Gasteiger partial charge in [0.15, 0.2) is 10.4 Å². The van der Waals surface area contributed by atoms with Crippen molar-refractivity contribution in [3.8, 4) is 11.3 Å². The first-order chi connectivity index (χ1) is 6.68. The van der Waals surface area contributed by atoms with Crippen molar-refractivity contribution in [2.75, 3.05) is 5.73 Å². The summed E-state index contributed by atoms with van der Waals surface area (Å²) in [6.45, 7) is 0. The number of hydrogen-bond donors (Lipinski definition) is 1.